The maximum absolute atomic E-state index is 12.4. The fraction of sp³-hybridized carbons (Fsp3) is 0.235. The van der Waals surface area contributed by atoms with Crippen LogP contribution in [-0.2, 0) is 10.0 Å². The van der Waals surface area contributed by atoms with E-state index in [0.717, 1.165) is 16.7 Å². The molecular formula is C17H20N2O2S. The number of benzene rings is 2. The van der Waals surface area contributed by atoms with E-state index in [-0.39, 0.29) is 4.90 Å². The lowest BCUT2D eigenvalue weighted by atomic mass is 10.1. The maximum atomic E-state index is 12.4. The fourth-order valence-electron chi connectivity index (χ4n) is 2.03. The average molecular weight is 316 g/mol. The first-order chi connectivity index (χ1) is 10.3. The molecule has 0 aliphatic heterocycles. The van der Waals surface area contributed by atoms with Gasteiger partial charge in [-0.15, -0.1) is 0 Å². The van der Waals surface area contributed by atoms with Gasteiger partial charge in [-0.3, -0.25) is 0 Å². The van der Waals surface area contributed by atoms with Crippen molar-refractivity contribution in [2.75, 3.05) is 0 Å². The van der Waals surface area contributed by atoms with Crippen molar-refractivity contribution in [1.82, 2.24) is 4.83 Å². The van der Waals surface area contributed by atoms with Gasteiger partial charge in [0.1, 0.15) is 0 Å². The van der Waals surface area contributed by atoms with Crippen molar-refractivity contribution in [1.29, 1.82) is 0 Å². The van der Waals surface area contributed by atoms with E-state index in [2.05, 4.69) is 9.93 Å². The van der Waals surface area contributed by atoms with Gasteiger partial charge in [0.25, 0.3) is 10.0 Å². The molecule has 0 spiro atoms. The van der Waals surface area contributed by atoms with E-state index in [1.165, 1.54) is 0 Å². The molecule has 0 saturated carbocycles. The third kappa shape index (κ3) is 3.74. The number of hydrazone groups is 1. The van der Waals surface area contributed by atoms with Crippen LogP contribution in [0.4, 0.5) is 0 Å². The Balaban J connectivity index is 2.27. The van der Waals surface area contributed by atoms with Crippen LogP contribution < -0.4 is 4.83 Å². The first kappa shape index (κ1) is 16.2. The van der Waals surface area contributed by atoms with Crippen LogP contribution in [0.2, 0.25) is 0 Å². The number of hydrogen-bond acceptors (Lipinski definition) is 3. The molecule has 0 fully saturated rings. The minimum absolute atomic E-state index is 0.257. The van der Waals surface area contributed by atoms with Gasteiger partial charge in [0, 0.05) is 0 Å². The summed E-state index contributed by atoms with van der Waals surface area (Å²) in [5.41, 5.74) is 4.24. The standard InChI is InChI=1S/C17H20N2O2S/c1-12-6-9-16(10-7-12)15(4)18-19-22(20,21)17-11-13(2)5-8-14(17)3/h5-11,19H,1-4H3. The quantitative estimate of drug-likeness (QED) is 0.695. The molecule has 5 heteroatoms. The summed E-state index contributed by atoms with van der Waals surface area (Å²) in [6.45, 7) is 7.40. The summed E-state index contributed by atoms with van der Waals surface area (Å²) >= 11 is 0. The van der Waals surface area contributed by atoms with Gasteiger partial charge in [0.2, 0.25) is 0 Å². The lowest BCUT2D eigenvalue weighted by Crippen LogP contribution is -2.21. The molecule has 0 bridgehead atoms. The number of aryl methyl sites for hydroxylation is 3. The van der Waals surface area contributed by atoms with Crippen LogP contribution in [0.15, 0.2) is 52.5 Å². The molecule has 0 heterocycles. The zero-order valence-electron chi connectivity index (χ0n) is 13.2. The Labute approximate surface area is 131 Å². The molecule has 116 valence electrons. The zero-order chi connectivity index (χ0) is 16.3. The van der Waals surface area contributed by atoms with Crippen molar-refractivity contribution >= 4 is 15.7 Å². The Morgan fingerprint density at radius 1 is 0.955 bits per heavy atom. The molecule has 0 amide bonds. The van der Waals surface area contributed by atoms with Gasteiger partial charge in [-0.05, 0) is 50.5 Å². The SMILES string of the molecule is CC(=NNS(=O)(=O)c1cc(C)ccc1C)c1ccc(C)cc1. The second-order valence-corrected chi connectivity index (χ2v) is 7.06. The summed E-state index contributed by atoms with van der Waals surface area (Å²) in [6.07, 6.45) is 0. The van der Waals surface area contributed by atoms with Crippen LogP contribution in [0.3, 0.4) is 0 Å². The molecule has 0 atom stereocenters. The highest BCUT2D eigenvalue weighted by Gasteiger charge is 2.16. The number of nitrogens with one attached hydrogen (secondary N) is 1. The summed E-state index contributed by atoms with van der Waals surface area (Å²) in [4.78, 5) is 2.57. The first-order valence-corrected chi connectivity index (χ1v) is 8.48. The summed E-state index contributed by atoms with van der Waals surface area (Å²) in [5.74, 6) is 0. The molecule has 0 aliphatic rings. The van der Waals surface area contributed by atoms with Crippen LogP contribution in [-0.4, -0.2) is 14.1 Å². The Morgan fingerprint density at radius 2 is 1.55 bits per heavy atom. The smallest absolute Gasteiger partial charge is 0.200 e. The van der Waals surface area contributed by atoms with E-state index < -0.39 is 10.0 Å². The molecule has 1 N–H and O–H groups in total. The van der Waals surface area contributed by atoms with Crippen molar-refractivity contribution in [3.63, 3.8) is 0 Å². The zero-order valence-corrected chi connectivity index (χ0v) is 14.0. The van der Waals surface area contributed by atoms with Gasteiger partial charge in [-0.2, -0.15) is 18.4 Å². The van der Waals surface area contributed by atoms with Crippen LogP contribution in [0.25, 0.3) is 0 Å². The first-order valence-electron chi connectivity index (χ1n) is 7.00. The van der Waals surface area contributed by atoms with E-state index in [4.69, 9.17) is 0 Å². The number of sulfonamides is 1. The van der Waals surface area contributed by atoms with Crippen molar-refractivity contribution < 1.29 is 8.42 Å². The highest BCUT2D eigenvalue weighted by atomic mass is 32.2. The fourth-order valence-corrected chi connectivity index (χ4v) is 3.22. The normalized spacial score (nSPS) is 12.3. The van der Waals surface area contributed by atoms with Gasteiger partial charge < -0.3 is 0 Å². The molecule has 0 saturated heterocycles. The van der Waals surface area contributed by atoms with Crippen molar-refractivity contribution in [2.24, 2.45) is 5.10 Å². The van der Waals surface area contributed by atoms with Crippen molar-refractivity contribution in [2.45, 2.75) is 32.6 Å². The van der Waals surface area contributed by atoms with E-state index in [0.29, 0.717) is 11.3 Å². The summed E-state index contributed by atoms with van der Waals surface area (Å²) in [5, 5.41) is 4.02. The predicted octanol–water partition coefficient (Wildman–Crippen LogP) is 3.31. The van der Waals surface area contributed by atoms with E-state index >= 15 is 0 Å². The molecular weight excluding hydrogens is 296 g/mol. The summed E-state index contributed by atoms with van der Waals surface area (Å²) in [7, 11) is -3.66. The molecule has 22 heavy (non-hydrogen) atoms. The van der Waals surface area contributed by atoms with Crippen LogP contribution in [0.5, 0.6) is 0 Å². The second-order valence-electron chi connectivity index (χ2n) is 5.43. The molecule has 2 aromatic rings. The van der Waals surface area contributed by atoms with Gasteiger partial charge in [0.15, 0.2) is 0 Å². The number of rotatable bonds is 4. The van der Waals surface area contributed by atoms with Gasteiger partial charge in [-0.1, -0.05) is 42.0 Å². The maximum Gasteiger partial charge on any atom is 0.276 e. The molecule has 4 nitrogen and oxygen atoms in total. The third-order valence-electron chi connectivity index (χ3n) is 3.44. The molecule has 0 aliphatic carbocycles. The summed E-state index contributed by atoms with van der Waals surface area (Å²) < 4.78 is 24.8. The second kappa shape index (κ2) is 6.32. The van der Waals surface area contributed by atoms with Crippen molar-refractivity contribution in [3.8, 4) is 0 Å². The highest BCUT2D eigenvalue weighted by Crippen LogP contribution is 2.16. The lowest BCUT2D eigenvalue weighted by Gasteiger charge is -2.09. The Hall–Kier alpha value is -2.14. The van der Waals surface area contributed by atoms with Crippen LogP contribution in [0, 0.1) is 20.8 Å². The monoisotopic (exact) mass is 316 g/mol. The highest BCUT2D eigenvalue weighted by molar-refractivity contribution is 7.89. The molecule has 0 unspecified atom stereocenters. The minimum Gasteiger partial charge on any atom is -0.200 e. The molecule has 0 radical (unpaired) electrons. The van der Waals surface area contributed by atoms with Crippen molar-refractivity contribution in [3.05, 3.63) is 64.7 Å². The van der Waals surface area contributed by atoms with Gasteiger partial charge in [0.05, 0.1) is 10.6 Å². The topological polar surface area (TPSA) is 58.5 Å². The predicted molar refractivity (Wildman–Crippen MR) is 89.6 cm³/mol. The molecule has 0 aromatic heterocycles. The number of nitrogens with zero attached hydrogens (tertiary/aromatic N) is 1. The third-order valence-corrected chi connectivity index (χ3v) is 4.79. The van der Waals surface area contributed by atoms with E-state index in [1.807, 2.05) is 44.2 Å². The Morgan fingerprint density at radius 3 is 2.18 bits per heavy atom. The lowest BCUT2D eigenvalue weighted by molar-refractivity contribution is 0.583. The largest absolute Gasteiger partial charge is 0.276 e. The van der Waals surface area contributed by atoms with Gasteiger partial charge >= 0.3 is 0 Å². The Bertz CT molecular complexity index is 807. The average Bonchev–Trinajstić information content (AvgIpc) is 2.48. The van der Waals surface area contributed by atoms with Gasteiger partial charge in [-0.25, -0.2) is 0 Å². The Kier molecular flexibility index (Phi) is 4.66. The van der Waals surface area contributed by atoms with E-state index in [9.17, 15) is 8.42 Å². The van der Waals surface area contributed by atoms with Crippen LogP contribution in [0.1, 0.15) is 29.2 Å². The number of hydrogen-bond donors (Lipinski definition) is 1. The van der Waals surface area contributed by atoms with E-state index in [1.54, 1.807) is 26.0 Å². The minimum atomic E-state index is -3.66. The molecule has 2 rings (SSSR count). The summed E-state index contributed by atoms with van der Waals surface area (Å²) in [6, 6.07) is 13.1. The molecule has 2 aromatic carbocycles. The van der Waals surface area contributed by atoms with Crippen LogP contribution >= 0.6 is 0 Å².